The zero-order valence-corrected chi connectivity index (χ0v) is 38.4. The summed E-state index contributed by atoms with van der Waals surface area (Å²) in [5.74, 6) is -2.16. The lowest BCUT2D eigenvalue weighted by atomic mass is 9.92. The summed E-state index contributed by atoms with van der Waals surface area (Å²) in [6, 6.07) is 5.73. The molecule has 2 fully saturated rings. The Balaban J connectivity index is 1.52. The number of esters is 1. The van der Waals surface area contributed by atoms with E-state index in [1.807, 2.05) is 31.0 Å². The molecule has 3 amide bonds. The Morgan fingerprint density at radius 3 is 2.39 bits per heavy atom. The van der Waals surface area contributed by atoms with Gasteiger partial charge in [-0.1, -0.05) is 72.9 Å². The number of hydrogen-bond donors (Lipinski definition) is 4. The van der Waals surface area contributed by atoms with Gasteiger partial charge in [0.25, 0.3) is 5.91 Å². The van der Waals surface area contributed by atoms with Gasteiger partial charge in [-0.05, 0) is 102 Å². The lowest BCUT2D eigenvalue weighted by molar-refractivity contribution is -0.141. The number of carbonyl (C=O) groups excluding carboxylic acids is 4. The van der Waals surface area contributed by atoms with Gasteiger partial charge in [-0.3, -0.25) is 24.1 Å². The molecule has 2 aromatic rings. The first-order valence-corrected chi connectivity index (χ1v) is 23.6. The molecule has 0 bridgehead atoms. The number of nitrogens with zero attached hydrogens (tertiary/aromatic N) is 3. The molecule has 0 aliphatic carbocycles. The van der Waals surface area contributed by atoms with Crippen molar-refractivity contribution in [1.29, 1.82) is 0 Å². The molecule has 1 aromatic heterocycles. The van der Waals surface area contributed by atoms with Gasteiger partial charge in [0.1, 0.15) is 28.6 Å². The normalized spacial score (nSPS) is 19.4. The van der Waals surface area contributed by atoms with Crippen LogP contribution in [-0.4, -0.2) is 113 Å². The lowest BCUT2D eigenvalue weighted by Gasteiger charge is -2.42. The molecule has 2 saturated heterocycles. The van der Waals surface area contributed by atoms with E-state index in [0.717, 1.165) is 82.9 Å². The van der Waals surface area contributed by atoms with E-state index in [9.17, 15) is 29.1 Å². The van der Waals surface area contributed by atoms with Gasteiger partial charge in [0.05, 0.1) is 18.5 Å². The summed E-state index contributed by atoms with van der Waals surface area (Å²) < 4.78 is 12.0. The van der Waals surface area contributed by atoms with Crippen molar-refractivity contribution < 1.29 is 38.6 Å². The summed E-state index contributed by atoms with van der Waals surface area (Å²) >= 11 is 1.33. The second kappa shape index (κ2) is 25.3. The smallest absolute Gasteiger partial charge is 0.328 e. The van der Waals surface area contributed by atoms with Crippen LogP contribution in [0.25, 0.3) is 0 Å². The van der Waals surface area contributed by atoms with E-state index in [2.05, 4.69) is 48.5 Å². The van der Waals surface area contributed by atoms with Crippen LogP contribution in [0.2, 0.25) is 0 Å². The predicted molar refractivity (Wildman–Crippen MR) is 238 cm³/mol. The summed E-state index contributed by atoms with van der Waals surface area (Å²) in [5.41, 5.74) is 1.05. The van der Waals surface area contributed by atoms with Gasteiger partial charge < -0.3 is 35.4 Å². The van der Waals surface area contributed by atoms with E-state index in [-0.39, 0.29) is 66.5 Å². The molecule has 4 rings (SSSR count). The number of nitrogens with one attached hydrogen (secondary N) is 3. The van der Waals surface area contributed by atoms with Crippen molar-refractivity contribution >= 4 is 41.0 Å². The van der Waals surface area contributed by atoms with Crippen molar-refractivity contribution in [2.45, 2.75) is 161 Å². The molecular weight excluding hydrogens is 797 g/mol. The first kappa shape index (κ1) is 49.7. The number of thiazole rings is 1. The number of carboxylic acids is 1. The Kier molecular flexibility index (Phi) is 20.6. The Labute approximate surface area is 367 Å². The Hall–Kier alpha value is -3.92. The minimum Gasteiger partial charge on any atom is -0.481 e. The van der Waals surface area contributed by atoms with E-state index in [1.165, 1.54) is 11.3 Å². The van der Waals surface area contributed by atoms with Crippen molar-refractivity contribution in [1.82, 2.24) is 30.7 Å². The quantitative estimate of drug-likeness (QED) is 0.0630. The summed E-state index contributed by atoms with van der Waals surface area (Å²) in [6.07, 6.45) is 9.37. The standard InChI is InChI=1S/C46H72N6O8S/c1-8-11-15-34(10-3)52(41(53)28-48-43(55)38-17-12-13-23-51(38)7)39(30(4)5)27-40(59-24-9-2)44-50-37(29-61-44)42(54)49-33(25-31(6)45(56)57)26-32-18-20-35(21-19-32)60-46(58)36-16-14-22-47-36/h18-21,29-31,33-34,36,38-40,47H,8-17,22-28H2,1-7H3,(H,48,55)(H,49,54)(H,56,57)/t31-,33+,34?,36+,38+,39+,40+/m0/s1. The van der Waals surface area contributed by atoms with Gasteiger partial charge in [-0.2, -0.15) is 0 Å². The van der Waals surface area contributed by atoms with Crippen LogP contribution in [0.1, 0.15) is 146 Å². The van der Waals surface area contributed by atoms with Crippen LogP contribution in [0, 0.1) is 11.8 Å². The number of benzene rings is 1. The number of likely N-dealkylation sites (N-methyl/N-ethyl adjacent to an activating group) is 1. The van der Waals surface area contributed by atoms with Crippen LogP contribution < -0.4 is 20.7 Å². The van der Waals surface area contributed by atoms with Crippen LogP contribution in [0.3, 0.4) is 0 Å². The van der Waals surface area contributed by atoms with Gasteiger partial charge in [0, 0.05) is 36.5 Å². The number of likely N-dealkylation sites (tertiary alicyclic amines) is 1. The second-order valence-corrected chi connectivity index (χ2v) is 18.1. The largest absolute Gasteiger partial charge is 0.481 e. The lowest BCUT2D eigenvalue weighted by Crippen LogP contribution is -2.55. The number of hydrogen-bond acceptors (Lipinski definition) is 11. The number of carbonyl (C=O) groups is 5. The number of carboxylic acid groups (broad SMARTS) is 1. The third kappa shape index (κ3) is 15.1. The maximum absolute atomic E-state index is 14.3. The average molecular weight is 869 g/mol. The van der Waals surface area contributed by atoms with E-state index < -0.39 is 29.9 Å². The van der Waals surface area contributed by atoms with Gasteiger partial charge >= 0.3 is 11.9 Å². The number of amides is 3. The molecule has 3 heterocycles. The van der Waals surface area contributed by atoms with Crippen LogP contribution in [-0.2, 0) is 30.3 Å². The predicted octanol–water partition coefficient (Wildman–Crippen LogP) is 6.53. The molecule has 0 saturated carbocycles. The van der Waals surface area contributed by atoms with Crippen molar-refractivity contribution in [2.75, 3.05) is 33.3 Å². The molecule has 1 aromatic carbocycles. The number of aliphatic carboxylic acids is 1. The fraction of sp³-hybridized carbons (Fsp3) is 0.696. The van der Waals surface area contributed by atoms with E-state index >= 15 is 0 Å². The molecule has 61 heavy (non-hydrogen) atoms. The number of unbranched alkanes of at least 4 members (excludes halogenated alkanes) is 1. The van der Waals surface area contributed by atoms with E-state index in [0.29, 0.717) is 30.2 Å². The zero-order chi connectivity index (χ0) is 44.5. The third-order valence-electron chi connectivity index (χ3n) is 12.0. The molecule has 2 aliphatic rings. The molecule has 15 heteroatoms. The van der Waals surface area contributed by atoms with Crippen molar-refractivity contribution in [3.8, 4) is 5.75 Å². The minimum atomic E-state index is -0.958. The molecule has 2 aliphatic heterocycles. The van der Waals surface area contributed by atoms with Crippen LogP contribution in [0.5, 0.6) is 5.75 Å². The van der Waals surface area contributed by atoms with Crippen molar-refractivity contribution in [3.05, 3.63) is 45.9 Å². The topological polar surface area (TPSA) is 180 Å². The second-order valence-electron chi connectivity index (χ2n) is 17.3. The molecule has 340 valence electrons. The number of rotatable bonds is 25. The van der Waals surface area contributed by atoms with Gasteiger partial charge in [0.15, 0.2) is 0 Å². The first-order chi connectivity index (χ1) is 29.3. The summed E-state index contributed by atoms with van der Waals surface area (Å²) in [4.78, 5) is 74.8. The zero-order valence-electron chi connectivity index (χ0n) is 37.6. The fourth-order valence-electron chi connectivity index (χ4n) is 8.41. The van der Waals surface area contributed by atoms with Crippen LogP contribution in [0.4, 0.5) is 0 Å². The number of aromatic nitrogens is 1. The van der Waals surface area contributed by atoms with Crippen molar-refractivity contribution in [3.63, 3.8) is 0 Å². The molecule has 1 unspecified atom stereocenters. The van der Waals surface area contributed by atoms with E-state index in [1.54, 1.807) is 24.4 Å². The monoisotopic (exact) mass is 869 g/mol. The van der Waals surface area contributed by atoms with Gasteiger partial charge in [0.2, 0.25) is 11.8 Å². The number of ether oxygens (including phenoxy) is 2. The highest BCUT2D eigenvalue weighted by Gasteiger charge is 2.36. The Morgan fingerprint density at radius 1 is 1.02 bits per heavy atom. The summed E-state index contributed by atoms with van der Waals surface area (Å²) in [7, 11) is 1.96. The van der Waals surface area contributed by atoms with Crippen LogP contribution in [0.15, 0.2) is 29.6 Å². The number of piperidine rings is 1. The maximum Gasteiger partial charge on any atom is 0.328 e. The van der Waals surface area contributed by atoms with Gasteiger partial charge in [-0.15, -0.1) is 11.3 Å². The van der Waals surface area contributed by atoms with Crippen molar-refractivity contribution in [2.24, 2.45) is 11.8 Å². The Morgan fingerprint density at radius 2 is 1.77 bits per heavy atom. The minimum absolute atomic E-state index is 0.0239. The highest BCUT2D eigenvalue weighted by molar-refractivity contribution is 7.09. The highest BCUT2D eigenvalue weighted by atomic mass is 32.1. The molecule has 14 nitrogen and oxygen atoms in total. The third-order valence-corrected chi connectivity index (χ3v) is 13.0. The molecule has 7 atom stereocenters. The first-order valence-electron chi connectivity index (χ1n) is 22.7. The molecule has 0 radical (unpaired) electrons. The van der Waals surface area contributed by atoms with Gasteiger partial charge in [-0.25, -0.2) is 9.78 Å². The Bertz CT molecular complexity index is 1700. The van der Waals surface area contributed by atoms with Crippen LogP contribution >= 0.6 is 11.3 Å². The molecule has 4 N–H and O–H groups in total. The average Bonchev–Trinajstić information content (AvgIpc) is 3.97. The molecule has 0 spiro atoms. The summed E-state index contributed by atoms with van der Waals surface area (Å²) in [5, 5.41) is 21.3. The highest BCUT2D eigenvalue weighted by Crippen LogP contribution is 2.33. The maximum atomic E-state index is 14.3. The van der Waals surface area contributed by atoms with E-state index in [4.69, 9.17) is 14.5 Å². The SMILES string of the molecule is CCCCC(CC)N(C(=O)CNC(=O)[C@H]1CCCCN1C)[C@H](C[C@@H](OCCC)c1nc(C(=O)N[C@@H](Cc2ccc(OC(=O)[C@H]3CCCN3)cc2)C[C@H](C)C(=O)O)cs1)C(C)C. The summed E-state index contributed by atoms with van der Waals surface area (Å²) in [6.45, 7) is 14.2. The molecular formula is C46H72N6O8S. The fourth-order valence-corrected chi connectivity index (χ4v) is 9.27.